The molecule has 1 fully saturated rings. The quantitative estimate of drug-likeness (QED) is 0.179. The molecule has 23 heteroatoms. The second kappa shape index (κ2) is 12.1. The standard InChI is InChI=1S/C15H24N4O15P4/c1-3-8-4-5-17-14-11(10(8)16)18-7-19(14)15-13(29-2)12(32-35(20)21)9(31-15)6-30-37(25,26)34-38(27,28)33-36(22,23)24/h5,7,9,12-13,15H,3-4,6,16H2,1-2H3,(H4-,20,21,22,23,24,25,26,27,28)/p+1/t9?,12-,13-,15-/m1/s1. The molecule has 1 aromatic rings. The number of imidazole rings is 1. The number of allylic oxidation sites excluding steroid dienone is 1. The van der Waals surface area contributed by atoms with Gasteiger partial charge in [-0.3, -0.25) is 9.09 Å². The summed E-state index contributed by atoms with van der Waals surface area (Å²) in [5, 5.41) is 0. The van der Waals surface area contributed by atoms with Crippen molar-refractivity contribution in [3.05, 3.63) is 17.6 Å². The average Bonchev–Trinajstić information content (AvgIpc) is 3.28. The minimum absolute atomic E-state index is 0.263. The molecule has 214 valence electrons. The number of fused-ring (bicyclic) bond motifs is 1. The van der Waals surface area contributed by atoms with Crippen LogP contribution in [-0.2, 0) is 45.4 Å². The second-order valence-corrected chi connectivity index (χ2v) is 12.8. The monoisotopic (exact) mass is 625 g/mol. The number of aliphatic imine (C=N–C) groups is 1. The summed E-state index contributed by atoms with van der Waals surface area (Å²) in [5.41, 5.74) is 7.88. The number of hydrogen-bond donors (Lipinski definition) is 6. The Morgan fingerprint density at radius 3 is 2.45 bits per heavy atom. The fourth-order valence-electron chi connectivity index (χ4n) is 3.73. The fraction of sp³-hybridized carbons (Fsp3) is 0.600. The van der Waals surface area contributed by atoms with E-state index in [1.54, 1.807) is 6.21 Å². The highest BCUT2D eigenvalue weighted by molar-refractivity contribution is 7.66. The SMILES string of the molecule is CCC1=C(N)c2ncn([C@@H]3OC(COP(=O)(O)OP(=O)(O)OP(=O)(O)O)[C@@H](O[P+](=O)O)[C@H]3OC)c2N=CC1. The third-order valence-corrected chi connectivity index (χ3v) is 9.47. The van der Waals surface area contributed by atoms with Crippen LogP contribution in [0, 0.1) is 0 Å². The normalized spacial score (nSPS) is 27.5. The van der Waals surface area contributed by atoms with Crippen LogP contribution in [0.1, 0.15) is 31.7 Å². The maximum absolute atomic E-state index is 12.1. The van der Waals surface area contributed by atoms with Gasteiger partial charge in [-0.05, 0) is 12.0 Å². The Labute approximate surface area is 215 Å². The van der Waals surface area contributed by atoms with E-state index >= 15 is 0 Å². The molecule has 1 saturated heterocycles. The molecule has 4 unspecified atom stereocenters. The number of nitrogens with zero attached hydrogens (tertiary/aromatic N) is 3. The van der Waals surface area contributed by atoms with Gasteiger partial charge in [0.05, 0.1) is 18.6 Å². The predicted octanol–water partition coefficient (Wildman–Crippen LogP) is 1.36. The van der Waals surface area contributed by atoms with Gasteiger partial charge in [-0.1, -0.05) is 6.92 Å². The van der Waals surface area contributed by atoms with Crippen LogP contribution in [0.5, 0.6) is 0 Å². The van der Waals surface area contributed by atoms with E-state index in [4.69, 9.17) is 29.5 Å². The van der Waals surface area contributed by atoms with Gasteiger partial charge in [0.25, 0.3) is 0 Å². The zero-order valence-corrected chi connectivity index (χ0v) is 23.2. The molecule has 0 aromatic carbocycles. The fourth-order valence-corrected chi connectivity index (χ4v) is 7.23. The third-order valence-electron chi connectivity index (χ3n) is 5.24. The molecule has 7 N–H and O–H groups in total. The molecule has 0 spiro atoms. The molecule has 19 nitrogen and oxygen atoms in total. The molecule has 2 aliphatic rings. The Kier molecular flexibility index (Phi) is 9.97. The van der Waals surface area contributed by atoms with Gasteiger partial charge in [0.15, 0.2) is 18.1 Å². The van der Waals surface area contributed by atoms with E-state index < -0.39 is 62.9 Å². The number of rotatable bonds is 12. The minimum Gasteiger partial charge on any atom is -0.397 e. The van der Waals surface area contributed by atoms with Crippen molar-refractivity contribution in [2.45, 2.75) is 44.3 Å². The first-order valence-corrected chi connectivity index (χ1v) is 16.1. The number of hydrogen-bond acceptors (Lipinski definition) is 13. The molecule has 0 bridgehead atoms. The number of ether oxygens (including phenoxy) is 2. The minimum atomic E-state index is -5.76. The highest BCUT2D eigenvalue weighted by Gasteiger charge is 2.53. The first kappa shape index (κ1) is 31.3. The van der Waals surface area contributed by atoms with Gasteiger partial charge in [-0.2, -0.15) is 8.62 Å². The number of nitrogens with two attached hydrogens (primary N) is 1. The first-order chi connectivity index (χ1) is 17.6. The van der Waals surface area contributed by atoms with Gasteiger partial charge >= 0.3 is 31.7 Å². The Morgan fingerprint density at radius 1 is 1.18 bits per heavy atom. The van der Waals surface area contributed by atoms with Gasteiger partial charge in [0.1, 0.15) is 17.9 Å². The molecule has 3 rings (SSSR count). The van der Waals surface area contributed by atoms with Gasteiger partial charge in [-0.25, -0.2) is 23.7 Å². The zero-order valence-electron chi connectivity index (χ0n) is 19.6. The van der Waals surface area contributed by atoms with Crippen LogP contribution in [-0.4, -0.2) is 72.3 Å². The lowest BCUT2D eigenvalue weighted by Crippen LogP contribution is -2.36. The van der Waals surface area contributed by atoms with Crippen molar-refractivity contribution in [1.29, 1.82) is 0 Å². The van der Waals surface area contributed by atoms with Crippen LogP contribution < -0.4 is 5.73 Å². The zero-order chi connectivity index (χ0) is 28.5. The Balaban J connectivity index is 1.86. The largest absolute Gasteiger partial charge is 0.695 e. The summed E-state index contributed by atoms with van der Waals surface area (Å²) < 4.78 is 75.6. The highest BCUT2D eigenvalue weighted by Crippen LogP contribution is 2.66. The molecular formula is C15H25N4O15P4+. The van der Waals surface area contributed by atoms with Crippen LogP contribution in [0.3, 0.4) is 0 Å². The van der Waals surface area contributed by atoms with Crippen molar-refractivity contribution in [2.75, 3.05) is 13.7 Å². The van der Waals surface area contributed by atoms with Gasteiger partial charge in [0, 0.05) is 24.3 Å². The number of phosphoric acid groups is 3. The summed E-state index contributed by atoms with van der Waals surface area (Å²) in [5.74, 6) is 0.263. The smallest absolute Gasteiger partial charge is 0.397 e. The molecule has 0 radical (unpaired) electrons. The maximum atomic E-state index is 12.1. The lowest BCUT2D eigenvalue weighted by atomic mass is 10.1. The highest BCUT2D eigenvalue weighted by atomic mass is 31.3. The van der Waals surface area contributed by atoms with E-state index in [0.29, 0.717) is 24.2 Å². The van der Waals surface area contributed by atoms with Crippen molar-refractivity contribution in [1.82, 2.24) is 9.55 Å². The van der Waals surface area contributed by atoms with Crippen LogP contribution in [0.2, 0.25) is 0 Å². The Bertz CT molecular complexity index is 1260. The number of aromatic nitrogens is 2. The summed E-state index contributed by atoms with van der Waals surface area (Å²) in [6, 6.07) is 0. The van der Waals surface area contributed by atoms with Crippen LogP contribution >= 0.6 is 31.7 Å². The summed E-state index contributed by atoms with van der Waals surface area (Å²) >= 11 is 0. The summed E-state index contributed by atoms with van der Waals surface area (Å²) in [6.07, 6.45) is -1.11. The first-order valence-electron chi connectivity index (χ1n) is 10.4. The van der Waals surface area contributed by atoms with Crippen molar-refractivity contribution >= 4 is 49.5 Å². The Morgan fingerprint density at radius 2 is 1.87 bits per heavy atom. The van der Waals surface area contributed by atoms with Crippen molar-refractivity contribution < 1.29 is 69.9 Å². The van der Waals surface area contributed by atoms with Gasteiger partial charge in [-0.15, -0.1) is 9.42 Å². The van der Waals surface area contributed by atoms with Gasteiger partial charge in [0.2, 0.25) is 0 Å². The van der Waals surface area contributed by atoms with Crippen LogP contribution in [0.25, 0.3) is 5.70 Å². The molecule has 38 heavy (non-hydrogen) atoms. The van der Waals surface area contributed by atoms with E-state index in [0.717, 1.165) is 5.57 Å². The Hall–Kier alpha value is -1.23. The summed E-state index contributed by atoms with van der Waals surface area (Å²) in [7, 11) is -18.9. The van der Waals surface area contributed by atoms with E-state index in [1.165, 1.54) is 18.0 Å². The maximum Gasteiger partial charge on any atom is 0.695 e. The molecular weight excluding hydrogens is 600 g/mol. The number of methoxy groups -OCH3 is 1. The lowest BCUT2D eigenvalue weighted by molar-refractivity contribution is -0.0587. The van der Waals surface area contributed by atoms with Crippen LogP contribution in [0.4, 0.5) is 5.82 Å². The molecule has 0 aliphatic carbocycles. The topological polar surface area (TPSA) is 281 Å². The van der Waals surface area contributed by atoms with Crippen molar-refractivity contribution in [2.24, 2.45) is 10.7 Å². The average molecular weight is 625 g/mol. The molecule has 2 aliphatic heterocycles. The summed E-state index contributed by atoms with van der Waals surface area (Å²) in [6.45, 7) is 0.954. The molecule has 0 saturated carbocycles. The lowest BCUT2D eigenvalue weighted by Gasteiger charge is -2.20. The predicted molar refractivity (Wildman–Crippen MR) is 126 cm³/mol. The van der Waals surface area contributed by atoms with Gasteiger partial charge < -0.3 is 34.8 Å². The van der Waals surface area contributed by atoms with E-state index in [1.807, 2.05) is 6.92 Å². The molecule has 3 heterocycles. The molecule has 7 atom stereocenters. The van der Waals surface area contributed by atoms with Crippen molar-refractivity contribution in [3.8, 4) is 0 Å². The van der Waals surface area contributed by atoms with E-state index in [9.17, 15) is 32.9 Å². The second-order valence-electron chi connectivity index (χ2n) is 7.67. The third kappa shape index (κ3) is 7.70. The van der Waals surface area contributed by atoms with E-state index in [-0.39, 0.29) is 5.82 Å². The van der Waals surface area contributed by atoms with Crippen LogP contribution in [0.15, 0.2) is 16.9 Å². The molecule has 0 amide bonds. The van der Waals surface area contributed by atoms with E-state index in [2.05, 4.69) is 23.1 Å². The molecule has 1 aromatic heterocycles. The van der Waals surface area contributed by atoms with Crippen molar-refractivity contribution in [3.63, 3.8) is 0 Å². The summed E-state index contributed by atoms with van der Waals surface area (Å²) in [4.78, 5) is 54.3. The number of phosphoric ester groups is 1.